The molecule has 0 heterocycles. The molecule has 0 aliphatic heterocycles. The third-order valence-electron chi connectivity index (χ3n) is 1.97. The summed E-state index contributed by atoms with van der Waals surface area (Å²) < 4.78 is 35.7. The van der Waals surface area contributed by atoms with E-state index in [1.54, 1.807) is 24.3 Å². The molecule has 0 saturated carbocycles. The van der Waals surface area contributed by atoms with Gasteiger partial charge in [0.25, 0.3) is 0 Å². The lowest BCUT2D eigenvalue weighted by Gasteiger charge is -2.08. The lowest BCUT2D eigenvalue weighted by atomic mass is 10.0. The van der Waals surface area contributed by atoms with Crippen LogP contribution in [-0.2, 0) is 13.0 Å². The average molecular weight is 204 g/mol. The lowest BCUT2D eigenvalue weighted by Crippen LogP contribution is -2.09. The van der Waals surface area contributed by atoms with E-state index in [0.717, 1.165) is 0 Å². The molecule has 0 atom stereocenters. The summed E-state index contributed by atoms with van der Waals surface area (Å²) >= 11 is 0. The molecule has 0 spiro atoms. The number of aryl methyl sites for hydroxylation is 1. The Morgan fingerprint density at radius 3 is 2.14 bits per heavy atom. The van der Waals surface area contributed by atoms with E-state index in [1.807, 2.05) is 0 Å². The van der Waals surface area contributed by atoms with Crippen molar-refractivity contribution in [1.29, 1.82) is 0 Å². The smallest absolute Gasteiger partial charge is 0.389 e. The molecule has 0 aromatic heterocycles. The van der Waals surface area contributed by atoms with Crippen molar-refractivity contribution in [3.8, 4) is 0 Å². The normalized spacial score (nSPS) is 11.7. The van der Waals surface area contributed by atoms with Crippen LogP contribution in [0.25, 0.3) is 0 Å². The number of halogens is 3. The molecule has 0 aliphatic carbocycles. The molecule has 1 N–H and O–H groups in total. The van der Waals surface area contributed by atoms with Crippen molar-refractivity contribution >= 4 is 0 Å². The number of benzene rings is 1. The van der Waals surface area contributed by atoms with Crippen LogP contribution in [0.15, 0.2) is 24.3 Å². The van der Waals surface area contributed by atoms with Crippen LogP contribution in [0.3, 0.4) is 0 Å². The predicted molar refractivity (Wildman–Crippen MR) is 46.7 cm³/mol. The van der Waals surface area contributed by atoms with Crippen LogP contribution in [0, 0.1) is 0 Å². The third kappa shape index (κ3) is 3.38. The summed E-state index contributed by atoms with van der Waals surface area (Å²) in [6.45, 7) is -0.214. The fourth-order valence-corrected chi connectivity index (χ4v) is 1.23. The van der Waals surface area contributed by atoms with E-state index in [0.29, 0.717) is 11.1 Å². The quantitative estimate of drug-likeness (QED) is 0.802. The van der Waals surface area contributed by atoms with Crippen molar-refractivity contribution in [2.75, 3.05) is 0 Å². The first kappa shape index (κ1) is 11.0. The van der Waals surface area contributed by atoms with E-state index >= 15 is 0 Å². The minimum absolute atomic E-state index is 0.0692. The van der Waals surface area contributed by atoms with E-state index in [-0.39, 0.29) is 13.0 Å². The Morgan fingerprint density at radius 1 is 1.07 bits per heavy atom. The van der Waals surface area contributed by atoms with Crippen molar-refractivity contribution < 1.29 is 18.3 Å². The number of rotatable bonds is 3. The van der Waals surface area contributed by atoms with Crippen LogP contribution >= 0.6 is 0 Å². The second-order valence-corrected chi connectivity index (χ2v) is 3.04. The van der Waals surface area contributed by atoms with Crippen molar-refractivity contribution in [3.63, 3.8) is 0 Å². The molecule has 78 valence electrons. The van der Waals surface area contributed by atoms with Crippen LogP contribution in [0.4, 0.5) is 13.2 Å². The summed E-state index contributed by atoms with van der Waals surface area (Å²) in [4.78, 5) is 0. The molecule has 0 radical (unpaired) electrons. The van der Waals surface area contributed by atoms with Gasteiger partial charge in [-0.15, -0.1) is 0 Å². The summed E-state index contributed by atoms with van der Waals surface area (Å²) in [5.74, 6) is 0. The lowest BCUT2D eigenvalue weighted by molar-refractivity contribution is -0.134. The molecule has 0 amide bonds. The number of aliphatic hydroxyl groups is 1. The number of hydrogen-bond donors (Lipinski definition) is 1. The number of aliphatic hydroxyl groups excluding tert-OH is 1. The van der Waals surface area contributed by atoms with Crippen molar-refractivity contribution in [2.45, 2.75) is 25.6 Å². The Bertz CT molecular complexity index is 294. The fourth-order valence-electron chi connectivity index (χ4n) is 1.23. The Hall–Kier alpha value is -1.03. The van der Waals surface area contributed by atoms with E-state index < -0.39 is 12.6 Å². The van der Waals surface area contributed by atoms with E-state index in [9.17, 15) is 13.2 Å². The highest BCUT2D eigenvalue weighted by atomic mass is 19.4. The zero-order valence-electron chi connectivity index (χ0n) is 7.51. The van der Waals surface area contributed by atoms with Crippen LogP contribution in [0.5, 0.6) is 0 Å². The molecule has 14 heavy (non-hydrogen) atoms. The van der Waals surface area contributed by atoms with Gasteiger partial charge in [-0.1, -0.05) is 24.3 Å². The van der Waals surface area contributed by atoms with Crippen molar-refractivity contribution in [1.82, 2.24) is 0 Å². The first-order valence-corrected chi connectivity index (χ1v) is 4.27. The zero-order valence-corrected chi connectivity index (χ0v) is 7.51. The highest BCUT2D eigenvalue weighted by Gasteiger charge is 2.26. The van der Waals surface area contributed by atoms with Crippen LogP contribution in [0.2, 0.25) is 0 Å². The maximum atomic E-state index is 11.9. The first-order valence-electron chi connectivity index (χ1n) is 4.27. The highest BCUT2D eigenvalue weighted by Crippen LogP contribution is 2.23. The second-order valence-electron chi connectivity index (χ2n) is 3.04. The van der Waals surface area contributed by atoms with Gasteiger partial charge >= 0.3 is 6.18 Å². The monoisotopic (exact) mass is 204 g/mol. The van der Waals surface area contributed by atoms with Gasteiger partial charge < -0.3 is 5.11 Å². The Morgan fingerprint density at radius 2 is 1.64 bits per heavy atom. The molecule has 0 saturated heterocycles. The molecule has 0 bridgehead atoms. The second kappa shape index (κ2) is 4.46. The van der Waals surface area contributed by atoms with Gasteiger partial charge in [0, 0.05) is 6.42 Å². The fraction of sp³-hybridized carbons (Fsp3) is 0.400. The van der Waals surface area contributed by atoms with Crippen molar-refractivity contribution in [2.24, 2.45) is 0 Å². The van der Waals surface area contributed by atoms with Crippen LogP contribution in [0.1, 0.15) is 17.5 Å². The minimum atomic E-state index is -4.14. The summed E-state index contributed by atoms with van der Waals surface area (Å²) in [6, 6.07) is 6.61. The number of alkyl halides is 3. The summed E-state index contributed by atoms with van der Waals surface area (Å²) in [7, 11) is 0. The Labute approximate surface area is 80.2 Å². The molecule has 4 heteroatoms. The molecule has 1 aromatic rings. The molecule has 1 aromatic carbocycles. The first-order chi connectivity index (χ1) is 6.53. The van der Waals surface area contributed by atoms with Gasteiger partial charge in [0.05, 0.1) is 6.61 Å². The maximum Gasteiger partial charge on any atom is 0.389 e. The molecule has 0 unspecified atom stereocenters. The minimum Gasteiger partial charge on any atom is -0.392 e. The van der Waals surface area contributed by atoms with Gasteiger partial charge in [0.2, 0.25) is 0 Å². The molecule has 1 rings (SSSR count). The van der Waals surface area contributed by atoms with E-state index in [4.69, 9.17) is 5.11 Å². The van der Waals surface area contributed by atoms with Gasteiger partial charge in [0.1, 0.15) is 0 Å². The summed E-state index contributed by atoms with van der Waals surface area (Å²) in [6.07, 6.45) is -5.05. The third-order valence-corrected chi connectivity index (χ3v) is 1.97. The summed E-state index contributed by atoms with van der Waals surface area (Å²) in [5.41, 5.74) is 1.13. The van der Waals surface area contributed by atoms with Gasteiger partial charge in [-0.3, -0.25) is 0 Å². The molecule has 1 nitrogen and oxygen atoms in total. The topological polar surface area (TPSA) is 20.2 Å². The largest absolute Gasteiger partial charge is 0.392 e. The van der Waals surface area contributed by atoms with Crippen molar-refractivity contribution in [3.05, 3.63) is 35.4 Å². The highest BCUT2D eigenvalue weighted by molar-refractivity contribution is 5.26. The van der Waals surface area contributed by atoms with Gasteiger partial charge in [-0.05, 0) is 17.5 Å². The average Bonchev–Trinajstić information content (AvgIpc) is 2.14. The predicted octanol–water partition coefficient (Wildman–Crippen LogP) is 2.67. The van der Waals surface area contributed by atoms with Crippen LogP contribution in [-0.4, -0.2) is 11.3 Å². The molecule has 0 fully saturated rings. The standard InChI is InChI=1S/C10H11F3O/c11-10(12,13)6-5-8-3-1-2-4-9(8)7-14/h1-4,14H,5-7H2. The SMILES string of the molecule is OCc1ccccc1CCC(F)(F)F. The molecular weight excluding hydrogens is 193 g/mol. The van der Waals surface area contributed by atoms with Gasteiger partial charge in [-0.2, -0.15) is 13.2 Å². The Kier molecular flexibility index (Phi) is 3.52. The molecular formula is C10H11F3O. The van der Waals surface area contributed by atoms with Gasteiger partial charge in [-0.25, -0.2) is 0 Å². The summed E-state index contributed by atoms with van der Waals surface area (Å²) in [5, 5.41) is 8.87. The van der Waals surface area contributed by atoms with E-state index in [1.165, 1.54) is 0 Å². The maximum absolute atomic E-state index is 11.9. The number of hydrogen-bond acceptors (Lipinski definition) is 1. The zero-order chi connectivity index (χ0) is 10.6. The Balaban J connectivity index is 2.67. The van der Waals surface area contributed by atoms with Gasteiger partial charge in [0.15, 0.2) is 0 Å². The van der Waals surface area contributed by atoms with E-state index in [2.05, 4.69) is 0 Å². The molecule has 0 aliphatic rings. The van der Waals surface area contributed by atoms with Crippen LogP contribution < -0.4 is 0 Å².